The summed E-state index contributed by atoms with van der Waals surface area (Å²) < 4.78 is 6.47. The van der Waals surface area contributed by atoms with Crippen molar-refractivity contribution in [2.45, 2.75) is 72.7 Å². The lowest BCUT2D eigenvalue weighted by Gasteiger charge is -2.39. The Bertz CT molecular complexity index is 288. The molecule has 18 heavy (non-hydrogen) atoms. The molecule has 106 valence electrons. The Balaban J connectivity index is 2.77. The highest BCUT2D eigenvalue weighted by molar-refractivity contribution is 6.82. The summed E-state index contributed by atoms with van der Waals surface area (Å²) in [6.45, 7) is 16.3. The topological polar surface area (TPSA) is 9.23 Å². The minimum absolute atomic E-state index is 0.451. The molecule has 0 saturated heterocycles. The Morgan fingerprint density at radius 1 is 1.22 bits per heavy atom. The van der Waals surface area contributed by atoms with Gasteiger partial charge < -0.3 is 4.74 Å². The van der Waals surface area contributed by atoms with Crippen molar-refractivity contribution in [1.82, 2.24) is 0 Å². The SMILES string of the molecule is C/C=C(\O[C@@H]1C[C@H](C)CC[C@H]1C(C)C)[Si](C)(C)C. The molecule has 0 amide bonds. The first-order valence-corrected chi connectivity index (χ1v) is 11.1. The normalized spacial score (nSPS) is 30.7. The summed E-state index contributed by atoms with van der Waals surface area (Å²) in [5.74, 6) is 2.31. The van der Waals surface area contributed by atoms with Gasteiger partial charge in [-0.25, -0.2) is 0 Å². The van der Waals surface area contributed by atoms with Gasteiger partial charge in [0.15, 0.2) is 0 Å². The van der Waals surface area contributed by atoms with Gasteiger partial charge in [0.1, 0.15) is 14.2 Å². The highest BCUT2D eigenvalue weighted by Crippen LogP contribution is 2.37. The third-order valence-electron chi connectivity index (χ3n) is 4.24. The van der Waals surface area contributed by atoms with E-state index < -0.39 is 8.07 Å². The molecule has 1 fully saturated rings. The minimum atomic E-state index is -1.32. The molecule has 1 nitrogen and oxygen atoms in total. The Labute approximate surface area is 115 Å². The van der Waals surface area contributed by atoms with Crippen LogP contribution in [0.15, 0.2) is 11.5 Å². The van der Waals surface area contributed by atoms with Crippen LogP contribution < -0.4 is 0 Å². The number of allylic oxidation sites excluding steroid dienone is 1. The highest BCUT2D eigenvalue weighted by atomic mass is 28.3. The van der Waals surface area contributed by atoms with Gasteiger partial charge in [-0.3, -0.25) is 0 Å². The second kappa shape index (κ2) is 6.27. The summed E-state index contributed by atoms with van der Waals surface area (Å²) >= 11 is 0. The van der Waals surface area contributed by atoms with Gasteiger partial charge in [-0.1, -0.05) is 52.9 Å². The summed E-state index contributed by atoms with van der Waals surface area (Å²) in [5, 5.41) is 1.30. The summed E-state index contributed by atoms with van der Waals surface area (Å²) in [7, 11) is -1.32. The van der Waals surface area contributed by atoms with Gasteiger partial charge in [0.05, 0.1) is 5.38 Å². The van der Waals surface area contributed by atoms with E-state index in [9.17, 15) is 0 Å². The standard InChI is InChI=1S/C16H32OSi/c1-8-16(18(5,6)7)17-15-11-13(4)9-10-14(15)12(2)3/h8,12-15H,9-11H2,1-7H3/b16-8+/t13-,14+,15-/m1/s1. The second-order valence-electron chi connectivity index (χ2n) is 7.39. The molecule has 3 atom stereocenters. The molecule has 0 aromatic rings. The molecule has 0 N–H and O–H groups in total. The molecule has 0 heterocycles. The van der Waals surface area contributed by atoms with Crippen LogP contribution in [-0.2, 0) is 4.74 Å². The van der Waals surface area contributed by atoms with Crippen molar-refractivity contribution in [3.05, 3.63) is 11.5 Å². The van der Waals surface area contributed by atoms with E-state index in [-0.39, 0.29) is 0 Å². The van der Waals surface area contributed by atoms with E-state index in [0.29, 0.717) is 6.10 Å². The van der Waals surface area contributed by atoms with Gasteiger partial charge in [0, 0.05) is 0 Å². The van der Waals surface area contributed by atoms with Crippen LogP contribution in [0.1, 0.15) is 47.0 Å². The molecule has 1 rings (SSSR count). The smallest absolute Gasteiger partial charge is 0.122 e. The predicted octanol–water partition coefficient (Wildman–Crippen LogP) is 5.25. The molecule has 0 aromatic heterocycles. The lowest BCUT2D eigenvalue weighted by Crippen LogP contribution is -2.37. The molecular formula is C16H32OSi. The quantitative estimate of drug-likeness (QED) is 0.500. The van der Waals surface area contributed by atoms with Gasteiger partial charge in [-0.2, -0.15) is 0 Å². The molecule has 0 radical (unpaired) electrons. The Morgan fingerprint density at radius 2 is 1.83 bits per heavy atom. The van der Waals surface area contributed by atoms with E-state index >= 15 is 0 Å². The number of rotatable bonds is 4. The second-order valence-corrected chi connectivity index (χ2v) is 12.4. The summed E-state index contributed by atoms with van der Waals surface area (Å²) in [6, 6.07) is 0. The number of hydrogen-bond acceptors (Lipinski definition) is 1. The lowest BCUT2D eigenvalue weighted by molar-refractivity contribution is 0.00631. The maximum atomic E-state index is 6.47. The first kappa shape index (κ1) is 15.8. The van der Waals surface area contributed by atoms with E-state index in [1.54, 1.807) is 0 Å². The maximum absolute atomic E-state index is 6.47. The third kappa shape index (κ3) is 4.15. The lowest BCUT2D eigenvalue weighted by atomic mass is 9.75. The average molecular weight is 269 g/mol. The van der Waals surface area contributed by atoms with Crippen LogP contribution in [0.3, 0.4) is 0 Å². The fourth-order valence-corrected chi connectivity index (χ4v) is 4.46. The van der Waals surface area contributed by atoms with Crippen LogP contribution in [-0.4, -0.2) is 14.2 Å². The minimum Gasteiger partial charge on any atom is -0.500 e. The largest absolute Gasteiger partial charge is 0.500 e. The van der Waals surface area contributed by atoms with Crippen molar-refractivity contribution in [3.63, 3.8) is 0 Å². The van der Waals surface area contributed by atoms with Crippen molar-refractivity contribution in [1.29, 1.82) is 0 Å². The van der Waals surface area contributed by atoms with E-state index in [2.05, 4.69) is 53.4 Å². The summed E-state index contributed by atoms with van der Waals surface area (Å²) in [4.78, 5) is 0. The van der Waals surface area contributed by atoms with Gasteiger partial charge in [0.2, 0.25) is 0 Å². The first-order valence-electron chi connectivity index (χ1n) is 7.59. The Hall–Kier alpha value is -0.243. The number of hydrogen-bond donors (Lipinski definition) is 0. The molecule has 0 aromatic carbocycles. The fraction of sp³-hybridized carbons (Fsp3) is 0.875. The van der Waals surface area contributed by atoms with Gasteiger partial charge >= 0.3 is 0 Å². The summed E-state index contributed by atoms with van der Waals surface area (Å²) in [5.41, 5.74) is 0. The summed E-state index contributed by atoms with van der Waals surface area (Å²) in [6.07, 6.45) is 6.62. The van der Waals surface area contributed by atoms with Crippen LogP contribution >= 0.6 is 0 Å². The van der Waals surface area contributed by atoms with Gasteiger partial charge in [-0.05, 0) is 37.5 Å². The molecule has 0 unspecified atom stereocenters. The Kier molecular flexibility index (Phi) is 5.51. The van der Waals surface area contributed by atoms with Gasteiger partial charge in [0.25, 0.3) is 0 Å². The zero-order chi connectivity index (χ0) is 13.9. The van der Waals surface area contributed by atoms with Crippen molar-refractivity contribution in [3.8, 4) is 0 Å². The predicted molar refractivity (Wildman–Crippen MR) is 83.3 cm³/mol. The first-order chi connectivity index (χ1) is 8.25. The number of ether oxygens (including phenoxy) is 1. The molecule has 2 heteroatoms. The van der Waals surface area contributed by atoms with Crippen molar-refractivity contribution < 1.29 is 4.74 Å². The van der Waals surface area contributed by atoms with Crippen LogP contribution in [0.4, 0.5) is 0 Å². The molecule has 1 saturated carbocycles. The molecule has 1 aliphatic carbocycles. The van der Waals surface area contributed by atoms with Crippen molar-refractivity contribution in [2.75, 3.05) is 0 Å². The average Bonchev–Trinajstić information content (AvgIpc) is 2.23. The zero-order valence-electron chi connectivity index (χ0n) is 13.4. The molecule has 0 bridgehead atoms. The highest BCUT2D eigenvalue weighted by Gasteiger charge is 2.34. The fourth-order valence-electron chi connectivity index (χ4n) is 3.09. The van der Waals surface area contributed by atoms with E-state index in [4.69, 9.17) is 4.74 Å². The van der Waals surface area contributed by atoms with Crippen molar-refractivity contribution in [2.24, 2.45) is 17.8 Å². The van der Waals surface area contributed by atoms with E-state index in [1.807, 2.05) is 0 Å². The van der Waals surface area contributed by atoms with Crippen LogP contribution in [0, 0.1) is 17.8 Å². The van der Waals surface area contributed by atoms with Crippen LogP contribution in [0.2, 0.25) is 19.6 Å². The van der Waals surface area contributed by atoms with Crippen molar-refractivity contribution >= 4 is 8.07 Å². The molecule has 1 aliphatic rings. The van der Waals surface area contributed by atoms with Crippen LogP contribution in [0.5, 0.6) is 0 Å². The van der Waals surface area contributed by atoms with Crippen LogP contribution in [0.25, 0.3) is 0 Å². The van der Waals surface area contributed by atoms with E-state index in [0.717, 1.165) is 17.8 Å². The Morgan fingerprint density at radius 3 is 2.28 bits per heavy atom. The third-order valence-corrected chi connectivity index (χ3v) is 6.13. The zero-order valence-corrected chi connectivity index (χ0v) is 14.4. The molecule has 0 aliphatic heterocycles. The maximum Gasteiger partial charge on any atom is 0.122 e. The van der Waals surface area contributed by atoms with E-state index in [1.165, 1.54) is 24.6 Å². The van der Waals surface area contributed by atoms with Gasteiger partial charge in [-0.15, -0.1) is 0 Å². The monoisotopic (exact) mass is 268 g/mol. The molecular weight excluding hydrogens is 236 g/mol. The molecule has 0 spiro atoms.